The van der Waals surface area contributed by atoms with Gasteiger partial charge in [0.15, 0.2) is 6.29 Å². The maximum Gasteiger partial charge on any atom is 1.00 e. The number of hydrogen-bond donors (Lipinski definition) is 4. The van der Waals surface area contributed by atoms with Crippen LogP contribution in [0.3, 0.4) is 0 Å². The Balaban J connectivity index is 0.00000442. The molecule has 1 saturated heterocycles. The molecule has 2 unspecified atom stereocenters. The maximum absolute atomic E-state index is 12.8. The summed E-state index contributed by atoms with van der Waals surface area (Å²) in [6, 6.07) is 0. The Morgan fingerprint density at radius 1 is 0.886 bits per heavy atom. The first kappa shape index (κ1) is 37.7. The summed E-state index contributed by atoms with van der Waals surface area (Å²) in [7, 11) is -4.73. The molecule has 5 aliphatic rings. The largest absolute Gasteiger partial charge is 1.00 e. The van der Waals surface area contributed by atoms with Crippen LogP contribution in [-0.4, -0.2) is 63.8 Å². The SMILES string of the molecule is CC(C)CCC[C@@H](C)[C@H]1CC[C@H]2[C@@H]3CC[C@H]4C[C@@H](OP(=O)([O-])OC[C@H]5OC(O)[C@H](O)[C@@H](O)[C@@H]5O)CC[C@]4(C)[C@H]3CC[C@]12C.[Na+]. The fraction of sp³-hybridized carbons (Fsp3) is 1.00. The molecule has 11 heteroatoms. The number of aliphatic hydroxyl groups is 4. The minimum absolute atomic E-state index is 0. The summed E-state index contributed by atoms with van der Waals surface area (Å²) in [5.74, 6) is 5.09. The Morgan fingerprint density at radius 3 is 2.27 bits per heavy atom. The fourth-order valence-corrected chi connectivity index (χ4v) is 11.7. The standard InChI is InChI=1S/C33H59O9P.Na/c1-19(2)7-6-8-20(3)24-11-12-25-23-10-9-21-17-22(13-15-32(21,4)26(23)14-16-33(24,25)5)42-43(38,39)40-18-27-28(34)29(35)30(36)31(37)41-27;/h19-31,34-37H,6-18H2,1-5H3,(H,38,39);/q;+1/p-1/t20-,21+,22+,23+,24-,25+,26+,27-,28-,29+,30-,31?,32+,33-;/m1./s1. The zero-order chi connectivity index (χ0) is 31.3. The zero-order valence-corrected chi connectivity index (χ0v) is 30.9. The Morgan fingerprint density at radius 2 is 1.57 bits per heavy atom. The Hall–Kier alpha value is 0.910. The molecule has 250 valence electrons. The van der Waals surface area contributed by atoms with E-state index in [1.165, 1.54) is 51.4 Å². The van der Waals surface area contributed by atoms with E-state index in [4.69, 9.17) is 13.8 Å². The molecule has 0 radical (unpaired) electrons. The summed E-state index contributed by atoms with van der Waals surface area (Å²) in [5, 5.41) is 39.3. The van der Waals surface area contributed by atoms with Crippen molar-refractivity contribution in [1.29, 1.82) is 0 Å². The summed E-state index contributed by atoms with van der Waals surface area (Å²) in [4.78, 5) is 12.8. The van der Waals surface area contributed by atoms with E-state index in [-0.39, 0.29) is 35.0 Å². The Kier molecular flexibility index (Phi) is 12.7. The molecular formula is C33H58NaO9P. The molecule has 0 aromatic rings. The molecule has 15 atom stereocenters. The van der Waals surface area contributed by atoms with Crippen LogP contribution < -0.4 is 34.5 Å². The average Bonchev–Trinajstić information content (AvgIpc) is 3.30. The Labute approximate surface area is 287 Å². The van der Waals surface area contributed by atoms with Gasteiger partial charge in [-0.1, -0.05) is 53.9 Å². The second kappa shape index (κ2) is 14.8. The predicted octanol–water partition coefficient (Wildman–Crippen LogP) is 1.78. The fourth-order valence-electron chi connectivity index (χ4n) is 10.8. The number of fused-ring (bicyclic) bond motifs is 5. The van der Waals surface area contributed by atoms with Gasteiger partial charge in [0.1, 0.15) is 24.4 Å². The van der Waals surface area contributed by atoms with E-state index in [0.717, 1.165) is 42.4 Å². The monoisotopic (exact) mass is 652 g/mol. The molecule has 0 aromatic carbocycles. The first-order valence-corrected chi connectivity index (χ1v) is 18.6. The molecule has 0 bridgehead atoms. The van der Waals surface area contributed by atoms with E-state index in [1.807, 2.05) is 0 Å². The van der Waals surface area contributed by atoms with Crippen molar-refractivity contribution in [3.05, 3.63) is 0 Å². The van der Waals surface area contributed by atoms with Crippen LogP contribution in [0.15, 0.2) is 0 Å². The molecule has 0 aromatic heterocycles. The summed E-state index contributed by atoms with van der Waals surface area (Å²) in [6.07, 6.45) is 5.52. The maximum atomic E-state index is 12.8. The number of aliphatic hydroxyl groups excluding tert-OH is 4. The van der Waals surface area contributed by atoms with Crippen LogP contribution in [-0.2, 0) is 18.3 Å². The molecular weight excluding hydrogens is 594 g/mol. The summed E-state index contributed by atoms with van der Waals surface area (Å²) < 4.78 is 28.4. The third-order valence-electron chi connectivity index (χ3n) is 13.2. The molecule has 1 heterocycles. The Bertz CT molecular complexity index is 1000. The second-order valence-corrected chi connectivity index (χ2v) is 17.3. The molecule has 5 rings (SSSR count). The van der Waals surface area contributed by atoms with Gasteiger partial charge < -0.3 is 39.1 Å². The number of ether oxygens (including phenoxy) is 1. The number of phosphoric acid groups is 1. The van der Waals surface area contributed by atoms with Crippen molar-refractivity contribution in [2.75, 3.05) is 6.61 Å². The molecule has 1 aliphatic heterocycles. The minimum Gasteiger partial charge on any atom is -0.756 e. The molecule has 5 fully saturated rings. The van der Waals surface area contributed by atoms with E-state index in [1.54, 1.807) is 0 Å². The van der Waals surface area contributed by atoms with Gasteiger partial charge >= 0.3 is 29.6 Å². The van der Waals surface area contributed by atoms with Crippen molar-refractivity contribution in [3.63, 3.8) is 0 Å². The van der Waals surface area contributed by atoms with Gasteiger partial charge in [-0.05, 0) is 110 Å². The summed E-state index contributed by atoms with van der Waals surface area (Å²) in [5.41, 5.74) is 0.653. The van der Waals surface area contributed by atoms with Crippen LogP contribution in [0.2, 0.25) is 0 Å². The predicted molar refractivity (Wildman–Crippen MR) is 160 cm³/mol. The van der Waals surface area contributed by atoms with Gasteiger partial charge in [0.25, 0.3) is 7.82 Å². The normalized spacial score (nSPS) is 47.6. The van der Waals surface area contributed by atoms with E-state index in [9.17, 15) is 29.9 Å². The van der Waals surface area contributed by atoms with Crippen LogP contribution >= 0.6 is 7.82 Å². The first-order chi connectivity index (χ1) is 20.2. The van der Waals surface area contributed by atoms with Gasteiger partial charge in [-0.3, -0.25) is 4.57 Å². The number of hydrogen-bond acceptors (Lipinski definition) is 9. The number of rotatable bonds is 10. The van der Waals surface area contributed by atoms with Crippen LogP contribution in [0.1, 0.15) is 112 Å². The molecule has 0 spiro atoms. The quantitative estimate of drug-likeness (QED) is 0.205. The van der Waals surface area contributed by atoms with E-state index in [2.05, 4.69) is 34.6 Å². The van der Waals surface area contributed by atoms with E-state index in [0.29, 0.717) is 30.1 Å². The first-order valence-electron chi connectivity index (χ1n) is 17.2. The van der Waals surface area contributed by atoms with Crippen molar-refractivity contribution < 1.29 is 73.2 Å². The molecule has 4 aliphatic carbocycles. The minimum atomic E-state index is -4.73. The molecule has 0 amide bonds. The third kappa shape index (κ3) is 7.55. The van der Waals surface area contributed by atoms with Crippen LogP contribution in [0.25, 0.3) is 0 Å². The summed E-state index contributed by atoms with van der Waals surface area (Å²) in [6.45, 7) is 11.6. The smallest absolute Gasteiger partial charge is 0.756 e. The van der Waals surface area contributed by atoms with Crippen molar-refractivity contribution in [3.8, 4) is 0 Å². The molecule has 4 N–H and O–H groups in total. The topological polar surface area (TPSA) is 149 Å². The summed E-state index contributed by atoms with van der Waals surface area (Å²) >= 11 is 0. The van der Waals surface area contributed by atoms with Crippen LogP contribution in [0.5, 0.6) is 0 Å². The van der Waals surface area contributed by atoms with Gasteiger partial charge in [-0.15, -0.1) is 0 Å². The van der Waals surface area contributed by atoms with Crippen molar-refractivity contribution >= 4 is 7.82 Å². The average molecular weight is 653 g/mol. The van der Waals surface area contributed by atoms with Crippen molar-refractivity contribution in [2.24, 2.45) is 52.3 Å². The van der Waals surface area contributed by atoms with Gasteiger partial charge in [-0.2, -0.15) is 0 Å². The zero-order valence-electron chi connectivity index (χ0n) is 28.0. The third-order valence-corrected chi connectivity index (χ3v) is 14.2. The molecule has 9 nitrogen and oxygen atoms in total. The van der Waals surface area contributed by atoms with Gasteiger partial charge in [0.05, 0.1) is 12.7 Å². The van der Waals surface area contributed by atoms with E-state index < -0.39 is 51.2 Å². The molecule has 4 saturated carbocycles. The van der Waals surface area contributed by atoms with Crippen LogP contribution in [0, 0.1) is 52.3 Å². The second-order valence-electron chi connectivity index (χ2n) is 16.0. The van der Waals surface area contributed by atoms with Gasteiger partial charge in [0, 0.05) is 0 Å². The van der Waals surface area contributed by atoms with Crippen LogP contribution in [0.4, 0.5) is 0 Å². The number of phosphoric ester groups is 1. The van der Waals surface area contributed by atoms with Crippen molar-refractivity contribution in [2.45, 2.75) is 148 Å². The molecule has 44 heavy (non-hydrogen) atoms. The van der Waals surface area contributed by atoms with E-state index >= 15 is 0 Å². The van der Waals surface area contributed by atoms with Crippen molar-refractivity contribution in [1.82, 2.24) is 0 Å². The van der Waals surface area contributed by atoms with Gasteiger partial charge in [-0.25, -0.2) is 0 Å². The van der Waals surface area contributed by atoms with Gasteiger partial charge in [0.2, 0.25) is 0 Å².